The molecule has 0 saturated carbocycles. The van der Waals surface area contributed by atoms with Gasteiger partial charge in [-0.2, -0.15) is 0 Å². The maximum atomic E-state index is 13.2. The van der Waals surface area contributed by atoms with E-state index in [9.17, 15) is 18.8 Å². The average molecular weight is 505 g/mol. The lowest BCUT2D eigenvalue weighted by atomic mass is 9.75. The summed E-state index contributed by atoms with van der Waals surface area (Å²) >= 11 is 0. The highest BCUT2D eigenvalue weighted by Crippen LogP contribution is 2.44. The lowest BCUT2D eigenvalue weighted by molar-refractivity contribution is -0.153. The van der Waals surface area contributed by atoms with Crippen molar-refractivity contribution in [2.45, 2.75) is 51.7 Å². The number of halogens is 1. The molecular weight excluding hydrogens is 467 g/mol. The standard InChI is InChI=1S/C26H37FN4O5/c1-18(2)22(28-25(34)35)23(32)31-11-8-26(9-12-31)17-21(36-24(26)33)7-10-29-13-15-30(16-14-29)20-5-3-19(27)4-6-20/h3-6,18,21-22,28H,7-17H2,1-2H3,(H,34,35). The van der Waals surface area contributed by atoms with Crippen LogP contribution in [0.15, 0.2) is 24.3 Å². The predicted octanol–water partition coefficient (Wildman–Crippen LogP) is 2.55. The number of nitrogens with zero attached hydrogens (tertiary/aromatic N) is 3. The van der Waals surface area contributed by atoms with Crippen LogP contribution in [0.5, 0.6) is 0 Å². The highest BCUT2D eigenvalue weighted by Gasteiger charge is 2.51. The van der Waals surface area contributed by atoms with Gasteiger partial charge in [-0.05, 0) is 49.4 Å². The first-order chi connectivity index (χ1) is 17.2. The van der Waals surface area contributed by atoms with Crippen molar-refractivity contribution in [2.24, 2.45) is 11.3 Å². The number of benzene rings is 1. The molecule has 3 heterocycles. The molecule has 10 heteroatoms. The minimum Gasteiger partial charge on any atom is -0.465 e. The third-order valence-electron chi connectivity index (χ3n) is 7.90. The van der Waals surface area contributed by atoms with Crippen LogP contribution < -0.4 is 10.2 Å². The SMILES string of the molecule is CC(C)C(NC(=O)O)C(=O)N1CCC2(CC1)CC(CCN1CCN(c3ccc(F)cc3)CC1)OC2=O. The zero-order chi connectivity index (χ0) is 25.9. The third-order valence-corrected chi connectivity index (χ3v) is 7.90. The second-order valence-corrected chi connectivity index (χ2v) is 10.6. The molecule has 2 N–H and O–H groups in total. The molecule has 3 aliphatic rings. The number of piperazine rings is 1. The predicted molar refractivity (Wildman–Crippen MR) is 132 cm³/mol. The number of carboxylic acid groups (broad SMARTS) is 1. The first-order valence-electron chi connectivity index (χ1n) is 12.9. The van der Waals surface area contributed by atoms with E-state index in [1.165, 1.54) is 12.1 Å². The van der Waals surface area contributed by atoms with Crippen LogP contribution in [-0.2, 0) is 14.3 Å². The molecule has 1 aromatic carbocycles. The van der Waals surface area contributed by atoms with Crippen LogP contribution in [0, 0.1) is 17.2 Å². The molecular formula is C26H37FN4O5. The van der Waals surface area contributed by atoms with Crippen molar-refractivity contribution in [3.8, 4) is 0 Å². The van der Waals surface area contributed by atoms with Crippen LogP contribution in [0.2, 0.25) is 0 Å². The molecule has 3 saturated heterocycles. The second-order valence-electron chi connectivity index (χ2n) is 10.6. The Kier molecular flexibility index (Phi) is 8.02. The van der Waals surface area contributed by atoms with Crippen LogP contribution in [0.3, 0.4) is 0 Å². The first-order valence-corrected chi connectivity index (χ1v) is 12.9. The van der Waals surface area contributed by atoms with Crippen molar-refractivity contribution in [1.29, 1.82) is 0 Å². The van der Waals surface area contributed by atoms with Gasteiger partial charge in [0, 0.05) is 57.9 Å². The monoisotopic (exact) mass is 504 g/mol. The van der Waals surface area contributed by atoms with E-state index in [-0.39, 0.29) is 29.7 Å². The maximum Gasteiger partial charge on any atom is 0.405 e. The molecule has 4 rings (SSSR count). The molecule has 0 bridgehead atoms. The lowest BCUT2D eigenvalue weighted by Gasteiger charge is -2.38. The number of piperidine rings is 1. The molecule has 0 aliphatic carbocycles. The molecule has 1 spiro atoms. The number of likely N-dealkylation sites (tertiary alicyclic amines) is 1. The molecule has 0 aromatic heterocycles. The number of carbonyl (C=O) groups is 3. The van der Waals surface area contributed by atoms with E-state index < -0.39 is 17.6 Å². The molecule has 3 fully saturated rings. The van der Waals surface area contributed by atoms with E-state index in [0.717, 1.165) is 44.8 Å². The van der Waals surface area contributed by atoms with Crippen LogP contribution >= 0.6 is 0 Å². The van der Waals surface area contributed by atoms with Gasteiger partial charge in [0.1, 0.15) is 18.0 Å². The van der Waals surface area contributed by atoms with Gasteiger partial charge in [0.05, 0.1) is 5.41 Å². The van der Waals surface area contributed by atoms with Crippen LogP contribution in [0.1, 0.15) is 39.5 Å². The first kappa shape index (κ1) is 26.2. The van der Waals surface area contributed by atoms with E-state index in [4.69, 9.17) is 9.84 Å². The minimum atomic E-state index is -1.21. The summed E-state index contributed by atoms with van der Waals surface area (Å²) in [4.78, 5) is 43.1. The highest BCUT2D eigenvalue weighted by atomic mass is 19.1. The Morgan fingerprint density at radius 1 is 1.11 bits per heavy atom. The van der Waals surface area contributed by atoms with Crippen molar-refractivity contribution in [2.75, 3.05) is 50.7 Å². The molecule has 36 heavy (non-hydrogen) atoms. The fourth-order valence-electron chi connectivity index (χ4n) is 5.61. The van der Waals surface area contributed by atoms with Gasteiger partial charge in [0.25, 0.3) is 0 Å². The molecule has 9 nitrogen and oxygen atoms in total. The van der Waals surface area contributed by atoms with Gasteiger partial charge in [-0.1, -0.05) is 13.8 Å². The Morgan fingerprint density at radius 3 is 2.33 bits per heavy atom. The van der Waals surface area contributed by atoms with Gasteiger partial charge >= 0.3 is 12.1 Å². The smallest absolute Gasteiger partial charge is 0.405 e. The minimum absolute atomic E-state index is 0.119. The molecule has 3 aliphatic heterocycles. The van der Waals surface area contributed by atoms with Crippen molar-refractivity contribution < 1.29 is 28.6 Å². The van der Waals surface area contributed by atoms with Gasteiger partial charge in [-0.25, -0.2) is 9.18 Å². The number of rotatable bonds is 7. The number of nitrogens with one attached hydrogen (secondary N) is 1. The van der Waals surface area contributed by atoms with Crippen molar-refractivity contribution >= 4 is 23.7 Å². The lowest BCUT2D eigenvalue weighted by Crippen LogP contribution is -2.54. The van der Waals surface area contributed by atoms with Gasteiger partial charge in [0.2, 0.25) is 5.91 Å². The average Bonchev–Trinajstić information content (AvgIpc) is 3.16. The largest absolute Gasteiger partial charge is 0.465 e. The Morgan fingerprint density at radius 2 is 1.75 bits per heavy atom. The quantitative estimate of drug-likeness (QED) is 0.550. The summed E-state index contributed by atoms with van der Waals surface area (Å²) in [5.74, 6) is -0.786. The van der Waals surface area contributed by atoms with E-state index in [0.29, 0.717) is 32.4 Å². The molecule has 1 aromatic rings. The molecule has 2 amide bonds. The fraction of sp³-hybridized carbons (Fsp3) is 0.654. The second kappa shape index (κ2) is 11.0. The van der Waals surface area contributed by atoms with Crippen LogP contribution in [0.25, 0.3) is 0 Å². The van der Waals surface area contributed by atoms with Gasteiger partial charge < -0.3 is 25.0 Å². The van der Waals surface area contributed by atoms with Gasteiger partial charge in [-0.3, -0.25) is 14.5 Å². The molecule has 2 atom stereocenters. The van der Waals surface area contributed by atoms with Gasteiger partial charge in [-0.15, -0.1) is 0 Å². The van der Waals surface area contributed by atoms with Crippen molar-refractivity contribution in [3.63, 3.8) is 0 Å². The maximum absolute atomic E-state index is 13.2. The Hall–Kier alpha value is -2.88. The number of ether oxygens (including phenoxy) is 1. The Labute approximate surface area is 211 Å². The number of esters is 1. The number of anilines is 1. The molecule has 198 valence electrons. The van der Waals surface area contributed by atoms with E-state index >= 15 is 0 Å². The zero-order valence-corrected chi connectivity index (χ0v) is 21.1. The summed E-state index contributed by atoms with van der Waals surface area (Å²) < 4.78 is 19.0. The number of amides is 2. The summed E-state index contributed by atoms with van der Waals surface area (Å²) in [6.07, 6.45) is 1.21. The van der Waals surface area contributed by atoms with Gasteiger partial charge in [0.15, 0.2) is 0 Å². The summed E-state index contributed by atoms with van der Waals surface area (Å²) in [6.45, 7) is 8.89. The Bertz CT molecular complexity index is 940. The highest BCUT2D eigenvalue weighted by molar-refractivity contribution is 5.86. The van der Waals surface area contributed by atoms with Crippen LogP contribution in [-0.4, -0.2) is 90.8 Å². The van der Waals surface area contributed by atoms with E-state index in [2.05, 4.69) is 15.1 Å². The summed E-state index contributed by atoms with van der Waals surface area (Å²) in [5, 5.41) is 11.4. The zero-order valence-electron chi connectivity index (χ0n) is 21.1. The fourth-order valence-corrected chi connectivity index (χ4v) is 5.61. The van der Waals surface area contributed by atoms with Crippen molar-refractivity contribution in [3.05, 3.63) is 30.1 Å². The number of carbonyl (C=O) groups excluding carboxylic acids is 2. The third kappa shape index (κ3) is 5.91. The normalized spacial score (nSPS) is 23.1. The van der Waals surface area contributed by atoms with E-state index in [1.54, 1.807) is 4.90 Å². The van der Waals surface area contributed by atoms with E-state index in [1.807, 2.05) is 26.0 Å². The number of cyclic esters (lactones) is 1. The summed E-state index contributed by atoms with van der Waals surface area (Å²) in [7, 11) is 0. The molecule has 2 unspecified atom stereocenters. The Balaban J connectivity index is 1.22. The topological polar surface area (TPSA) is 102 Å². The van der Waals surface area contributed by atoms with Crippen LogP contribution in [0.4, 0.5) is 14.9 Å². The number of hydrogen-bond acceptors (Lipinski definition) is 6. The molecule has 0 radical (unpaired) electrons. The van der Waals surface area contributed by atoms with Crippen molar-refractivity contribution in [1.82, 2.24) is 15.1 Å². The number of hydrogen-bond donors (Lipinski definition) is 2. The summed E-state index contributed by atoms with van der Waals surface area (Å²) in [5.41, 5.74) is 0.488. The summed E-state index contributed by atoms with van der Waals surface area (Å²) in [6, 6.07) is 5.81.